The second-order valence-corrected chi connectivity index (χ2v) is 6.03. The van der Waals surface area contributed by atoms with Crippen LogP contribution >= 0.6 is 24.8 Å². The SMILES string of the molecule is Cl.Cl.NC[C@H]1CC[C@@H](C(=O)N2CCN3CCCCC3C2)O1. The Kier molecular flexibility index (Phi) is 7.71. The molecule has 3 rings (SSSR count). The maximum absolute atomic E-state index is 12.5. The predicted molar refractivity (Wildman–Crippen MR) is 87.2 cm³/mol. The van der Waals surface area contributed by atoms with Crippen LogP contribution in [0.4, 0.5) is 0 Å². The molecule has 124 valence electrons. The zero-order chi connectivity index (χ0) is 13.2. The van der Waals surface area contributed by atoms with Crippen molar-refractivity contribution in [2.45, 2.75) is 50.4 Å². The van der Waals surface area contributed by atoms with Crippen LogP contribution < -0.4 is 5.73 Å². The van der Waals surface area contributed by atoms with E-state index in [-0.39, 0.29) is 42.9 Å². The van der Waals surface area contributed by atoms with E-state index in [2.05, 4.69) is 4.90 Å². The summed E-state index contributed by atoms with van der Waals surface area (Å²) in [5.41, 5.74) is 5.61. The minimum absolute atomic E-state index is 0. The van der Waals surface area contributed by atoms with E-state index in [0.29, 0.717) is 12.6 Å². The molecule has 3 aliphatic rings. The summed E-state index contributed by atoms with van der Waals surface area (Å²) >= 11 is 0. The van der Waals surface area contributed by atoms with E-state index in [0.717, 1.165) is 32.5 Å². The maximum atomic E-state index is 12.5. The summed E-state index contributed by atoms with van der Waals surface area (Å²) in [5, 5.41) is 0. The van der Waals surface area contributed by atoms with Gasteiger partial charge >= 0.3 is 0 Å². The van der Waals surface area contributed by atoms with Crippen molar-refractivity contribution in [3.05, 3.63) is 0 Å². The van der Waals surface area contributed by atoms with Crippen LogP contribution in [0, 0.1) is 0 Å². The van der Waals surface area contributed by atoms with Gasteiger partial charge in [-0.2, -0.15) is 0 Å². The molecule has 3 heterocycles. The lowest BCUT2D eigenvalue weighted by atomic mass is 9.99. The minimum atomic E-state index is -0.233. The fraction of sp³-hybridized carbons (Fsp3) is 0.929. The average molecular weight is 340 g/mol. The molecule has 0 radical (unpaired) electrons. The normalized spacial score (nSPS) is 32.8. The molecular formula is C14H27Cl2N3O2. The van der Waals surface area contributed by atoms with Crippen molar-refractivity contribution in [2.75, 3.05) is 32.7 Å². The lowest BCUT2D eigenvalue weighted by molar-refractivity contribution is -0.146. The van der Waals surface area contributed by atoms with E-state index in [1.165, 1.54) is 25.8 Å². The van der Waals surface area contributed by atoms with Crippen molar-refractivity contribution in [3.8, 4) is 0 Å². The number of nitrogens with two attached hydrogens (primary N) is 1. The third-order valence-electron chi connectivity index (χ3n) is 4.79. The Morgan fingerprint density at radius 1 is 1.10 bits per heavy atom. The first-order valence-electron chi connectivity index (χ1n) is 7.66. The first-order valence-corrected chi connectivity index (χ1v) is 7.66. The number of nitrogens with zero attached hydrogens (tertiary/aromatic N) is 2. The lowest BCUT2D eigenvalue weighted by Gasteiger charge is -2.44. The number of ether oxygens (including phenoxy) is 1. The summed E-state index contributed by atoms with van der Waals surface area (Å²) in [6, 6.07) is 0.582. The molecule has 3 atom stereocenters. The molecule has 0 aromatic carbocycles. The number of piperidine rings is 1. The summed E-state index contributed by atoms with van der Waals surface area (Å²) in [7, 11) is 0. The standard InChI is InChI=1S/C14H25N3O2.2ClH/c15-9-12-4-5-13(19-12)14(18)17-8-7-16-6-2-1-3-11(16)10-17;;/h11-13H,1-10,15H2;2*1H/t11?,12-,13+;;/m1../s1. The molecule has 0 saturated carbocycles. The van der Waals surface area contributed by atoms with Gasteiger partial charge in [0.2, 0.25) is 0 Å². The summed E-state index contributed by atoms with van der Waals surface area (Å²) < 4.78 is 5.73. The van der Waals surface area contributed by atoms with Gasteiger partial charge in [-0.1, -0.05) is 6.42 Å². The highest BCUT2D eigenvalue weighted by Gasteiger charge is 2.37. The molecular weight excluding hydrogens is 313 g/mol. The molecule has 3 aliphatic heterocycles. The van der Waals surface area contributed by atoms with Crippen LogP contribution in [0.3, 0.4) is 0 Å². The van der Waals surface area contributed by atoms with E-state index in [1.54, 1.807) is 0 Å². The number of hydrogen-bond donors (Lipinski definition) is 1. The zero-order valence-electron chi connectivity index (χ0n) is 12.4. The third-order valence-corrected chi connectivity index (χ3v) is 4.79. The molecule has 0 aliphatic carbocycles. The van der Waals surface area contributed by atoms with Gasteiger partial charge in [0, 0.05) is 32.2 Å². The van der Waals surface area contributed by atoms with Crippen molar-refractivity contribution in [2.24, 2.45) is 5.73 Å². The third kappa shape index (κ3) is 4.23. The predicted octanol–water partition coefficient (Wildman–Crippen LogP) is 1.03. The Labute approximate surface area is 139 Å². The molecule has 0 bridgehead atoms. The molecule has 2 N–H and O–H groups in total. The summed E-state index contributed by atoms with van der Waals surface area (Å²) in [6.07, 6.45) is 5.48. The van der Waals surface area contributed by atoms with Crippen LogP contribution in [0.1, 0.15) is 32.1 Å². The van der Waals surface area contributed by atoms with E-state index in [1.807, 2.05) is 4.90 Å². The Bertz CT molecular complexity index is 346. The minimum Gasteiger partial charge on any atom is -0.364 e. The van der Waals surface area contributed by atoms with Crippen molar-refractivity contribution < 1.29 is 9.53 Å². The Hall–Kier alpha value is -0.0700. The number of rotatable bonds is 2. The summed E-state index contributed by atoms with van der Waals surface area (Å²) in [4.78, 5) is 17.0. The highest BCUT2D eigenvalue weighted by Crippen LogP contribution is 2.25. The fourth-order valence-electron chi connectivity index (χ4n) is 3.62. The van der Waals surface area contributed by atoms with Gasteiger partial charge in [0.05, 0.1) is 6.10 Å². The van der Waals surface area contributed by atoms with Gasteiger partial charge in [-0.3, -0.25) is 9.69 Å². The highest BCUT2D eigenvalue weighted by atomic mass is 35.5. The Balaban J connectivity index is 0.00000110. The van der Waals surface area contributed by atoms with Gasteiger partial charge in [0.15, 0.2) is 0 Å². The van der Waals surface area contributed by atoms with Crippen molar-refractivity contribution in [1.29, 1.82) is 0 Å². The number of fused-ring (bicyclic) bond motifs is 1. The van der Waals surface area contributed by atoms with E-state index < -0.39 is 0 Å². The molecule has 0 aromatic heterocycles. The number of amides is 1. The maximum Gasteiger partial charge on any atom is 0.251 e. The Morgan fingerprint density at radius 2 is 1.90 bits per heavy atom. The number of carbonyl (C=O) groups is 1. The molecule has 3 saturated heterocycles. The van der Waals surface area contributed by atoms with Crippen LogP contribution in [-0.4, -0.2) is 66.7 Å². The van der Waals surface area contributed by atoms with Crippen molar-refractivity contribution in [3.63, 3.8) is 0 Å². The van der Waals surface area contributed by atoms with Gasteiger partial charge in [0.25, 0.3) is 5.91 Å². The molecule has 1 unspecified atom stereocenters. The van der Waals surface area contributed by atoms with Crippen LogP contribution in [0.15, 0.2) is 0 Å². The quantitative estimate of drug-likeness (QED) is 0.816. The summed E-state index contributed by atoms with van der Waals surface area (Å²) in [6.45, 7) is 4.53. The largest absolute Gasteiger partial charge is 0.364 e. The summed E-state index contributed by atoms with van der Waals surface area (Å²) in [5.74, 6) is 0.196. The number of piperazine rings is 1. The van der Waals surface area contributed by atoms with Gasteiger partial charge in [-0.05, 0) is 32.2 Å². The van der Waals surface area contributed by atoms with Gasteiger partial charge < -0.3 is 15.4 Å². The molecule has 0 spiro atoms. The van der Waals surface area contributed by atoms with Gasteiger partial charge in [-0.25, -0.2) is 0 Å². The van der Waals surface area contributed by atoms with Crippen LogP contribution in [0.5, 0.6) is 0 Å². The number of halogens is 2. The molecule has 0 aromatic rings. The zero-order valence-corrected chi connectivity index (χ0v) is 14.0. The fourth-order valence-corrected chi connectivity index (χ4v) is 3.62. The molecule has 5 nitrogen and oxygen atoms in total. The smallest absolute Gasteiger partial charge is 0.251 e. The van der Waals surface area contributed by atoms with E-state index >= 15 is 0 Å². The first kappa shape index (κ1) is 19.0. The van der Waals surface area contributed by atoms with Gasteiger partial charge in [0.1, 0.15) is 6.10 Å². The van der Waals surface area contributed by atoms with Gasteiger partial charge in [-0.15, -0.1) is 24.8 Å². The number of carbonyl (C=O) groups excluding carboxylic acids is 1. The van der Waals surface area contributed by atoms with Crippen LogP contribution in [0.2, 0.25) is 0 Å². The topological polar surface area (TPSA) is 58.8 Å². The molecule has 1 amide bonds. The monoisotopic (exact) mass is 339 g/mol. The first-order chi connectivity index (χ1) is 9.28. The molecule has 21 heavy (non-hydrogen) atoms. The van der Waals surface area contributed by atoms with Crippen molar-refractivity contribution >= 4 is 30.7 Å². The lowest BCUT2D eigenvalue weighted by Crippen LogP contribution is -2.57. The van der Waals surface area contributed by atoms with E-state index in [4.69, 9.17) is 10.5 Å². The average Bonchev–Trinajstić information content (AvgIpc) is 2.95. The van der Waals surface area contributed by atoms with Crippen LogP contribution in [0.25, 0.3) is 0 Å². The molecule has 7 heteroatoms. The Morgan fingerprint density at radius 3 is 2.62 bits per heavy atom. The second kappa shape index (κ2) is 8.53. The van der Waals surface area contributed by atoms with Crippen LogP contribution in [-0.2, 0) is 9.53 Å². The molecule has 3 fully saturated rings. The van der Waals surface area contributed by atoms with E-state index in [9.17, 15) is 4.79 Å². The van der Waals surface area contributed by atoms with Crippen molar-refractivity contribution in [1.82, 2.24) is 9.80 Å². The number of hydrogen-bond acceptors (Lipinski definition) is 4. The highest BCUT2D eigenvalue weighted by molar-refractivity contribution is 5.85. The second-order valence-electron chi connectivity index (χ2n) is 6.03.